The van der Waals surface area contributed by atoms with E-state index in [2.05, 4.69) is 32.7 Å². The summed E-state index contributed by atoms with van der Waals surface area (Å²) in [5, 5.41) is 14.4. The molecule has 0 radical (unpaired) electrons. The van der Waals surface area contributed by atoms with Gasteiger partial charge in [-0.3, -0.25) is 9.20 Å². The molecule has 4 rings (SSSR count). The van der Waals surface area contributed by atoms with Crippen molar-refractivity contribution in [2.24, 2.45) is 0 Å². The van der Waals surface area contributed by atoms with Gasteiger partial charge in [0.05, 0.1) is 12.8 Å². The van der Waals surface area contributed by atoms with Crippen molar-refractivity contribution in [1.29, 1.82) is 0 Å². The number of furan rings is 1. The van der Waals surface area contributed by atoms with Crippen LogP contribution in [0.2, 0.25) is 0 Å². The number of nitrogens with one attached hydrogen (secondary N) is 2. The van der Waals surface area contributed by atoms with Gasteiger partial charge in [0.1, 0.15) is 12.1 Å². The summed E-state index contributed by atoms with van der Waals surface area (Å²) in [5.74, 6) is 1.37. The molecule has 2 N–H and O–H groups in total. The molecule has 0 aliphatic heterocycles. The Morgan fingerprint density at radius 3 is 2.83 bits per heavy atom. The van der Waals surface area contributed by atoms with Gasteiger partial charge in [-0.05, 0) is 36.2 Å². The number of aromatic nitrogens is 4. The van der Waals surface area contributed by atoms with Gasteiger partial charge in [0.15, 0.2) is 5.65 Å². The summed E-state index contributed by atoms with van der Waals surface area (Å²) >= 11 is 0. The lowest BCUT2D eigenvalue weighted by Gasteiger charge is -2.10. The zero-order valence-electron chi connectivity index (χ0n) is 16.1. The van der Waals surface area contributed by atoms with E-state index in [9.17, 15) is 4.79 Å². The van der Waals surface area contributed by atoms with Crippen LogP contribution in [0.15, 0.2) is 59.6 Å². The Labute approximate surface area is 168 Å². The Hall–Kier alpha value is -3.68. The SMILES string of the molecule is CCCCNC(=O)c1ccc(-c2cnc(NCc3ccco3)n3cnnc23)cc1. The zero-order chi connectivity index (χ0) is 20.1. The predicted octanol–water partition coefficient (Wildman–Crippen LogP) is 3.53. The van der Waals surface area contributed by atoms with E-state index >= 15 is 0 Å². The maximum atomic E-state index is 12.2. The van der Waals surface area contributed by atoms with Crippen LogP contribution in [0.25, 0.3) is 16.8 Å². The number of hydrogen-bond acceptors (Lipinski definition) is 6. The molecule has 0 aliphatic carbocycles. The highest BCUT2D eigenvalue weighted by Gasteiger charge is 2.12. The highest BCUT2D eigenvalue weighted by molar-refractivity contribution is 5.95. The molecule has 3 aromatic heterocycles. The van der Waals surface area contributed by atoms with Gasteiger partial charge in [-0.25, -0.2) is 4.98 Å². The van der Waals surface area contributed by atoms with Gasteiger partial charge in [-0.15, -0.1) is 10.2 Å². The van der Waals surface area contributed by atoms with E-state index in [4.69, 9.17) is 4.42 Å². The van der Waals surface area contributed by atoms with E-state index in [1.807, 2.05) is 36.4 Å². The lowest BCUT2D eigenvalue weighted by Crippen LogP contribution is -2.24. The van der Waals surface area contributed by atoms with Crippen LogP contribution in [0, 0.1) is 0 Å². The summed E-state index contributed by atoms with van der Waals surface area (Å²) in [7, 11) is 0. The summed E-state index contributed by atoms with van der Waals surface area (Å²) in [6, 6.07) is 11.2. The fourth-order valence-corrected chi connectivity index (χ4v) is 3.01. The number of fused-ring (bicyclic) bond motifs is 1. The van der Waals surface area contributed by atoms with Gasteiger partial charge in [0.25, 0.3) is 5.91 Å². The van der Waals surface area contributed by atoms with E-state index < -0.39 is 0 Å². The third-order valence-electron chi connectivity index (χ3n) is 4.61. The van der Waals surface area contributed by atoms with Crippen LogP contribution in [0.3, 0.4) is 0 Å². The average molecular weight is 390 g/mol. The van der Waals surface area contributed by atoms with Crippen molar-refractivity contribution in [2.45, 2.75) is 26.3 Å². The van der Waals surface area contributed by atoms with Crippen LogP contribution in [-0.2, 0) is 6.54 Å². The molecule has 148 valence electrons. The molecule has 0 saturated carbocycles. The smallest absolute Gasteiger partial charge is 0.251 e. The van der Waals surface area contributed by atoms with Gasteiger partial charge in [-0.2, -0.15) is 0 Å². The molecule has 8 heteroatoms. The Balaban J connectivity index is 1.54. The largest absolute Gasteiger partial charge is 0.467 e. The van der Waals surface area contributed by atoms with Gasteiger partial charge < -0.3 is 15.1 Å². The fraction of sp³-hybridized carbons (Fsp3) is 0.238. The van der Waals surface area contributed by atoms with Crippen molar-refractivity contribution < 1.29 is 9.21 Å². The minimum Gasteiger partial charge on any atom is -0.467 e. The molecular formula is C21H22N6O2. The first-order chi connectivity index (χ1) is 14.3. The molecule has 0 atom stereocenters. The molecule has 0 unspecified atom stereocenters. The predicted molar refractivity (Wildman–Crippen MR) is 109 cm³/mol. The van der Waals surface area contributed by atoms with Gasteiger partial charge in [0, 0.05) is 23.9 Å². The Kier molecular flexibility index (Phi) is 5.51. The molecule has 0 bridgehead atoms. The lowest BCUT2D eigenvalue weighted by atomic mass is 10.1. The summed E-state index contributed by atoms with van der Waals surface area (Å²) < 4.78 is 7.13. The third-order valence-corrected chi connectivity index (χ3v) is 4.61. The molecule has 4 aromatic rings. The molecule has 1 aromatic carbocycles. The summed E-state index contributed by atoms with van der Waals surface area (Å²) in [4.78, 5) is 16.7. The highest BCUT2D eigenvalue weighted by atomic mass is 16.3. The van der Waals surface area contributed by atoms with E-state index in [1.54, 1.807) is 23.2 Å². The maximum absolute atomic E-state index is 12.2. The number of nitrogens with zero attached hydrogens (tertiary/aromatic N) is 4. The van der Waals surface area contributed by atoms with Crippen molar-refractivity contribution in [1.82, 2.24) is 24.9 Å². The fourth-order valence-electron chi connectivity index (χ4n) is 3.01. The number of carbonyl (C=O) groups is 1. The monoisotopic (exact) mass is 390 g/mol. The third kappa shape index (κ3) is 4.11. The molecule has 29 heavy (non-hydrogen) atoms. The van der Waals surface area contributed by atoms with Crippen LogP contribution in [0.1, 0.15) is 35.9 Å². The van der Waals surface area contributed by atoms with E-state index in [0.29, 0.717) is 30.2 Å². The van der Waals surface area contributed by atoms with Crippen LogP contribution in [-0.4, -0.2) is 32.0 Å². The average Bonchev–Trinajstić information content (AvgIpc) is 3.44. The molecule has 0 saturated heterocycles. The van der Waals surface area contributed by atoms with Crippen LogP contribution >= 0.6 is 0 Å². The number of unbranched alkanes of at least 4 members (excludes halogenated alkanes) is 1. The number of rotatable bonds is 8. The summed E-state index contributed by atoms with van der Waals surface area (Å²) in [6.07, 6.45) is 7.03. The first-order valence-corrected chi connectivity index (χ1v) is 9.60. The topological polar surface area (TPSA) is 97.3 Å². The first-order valence-electron chi connectivity index (χ1n) is 9.60. The number of amides is 1. The van der Waals surface area contributed by atoms with Crippen LogP contribution < -0.4 is 10.6 Å². The standard InChI is InChI=1S/C21H22N6O2/c1-2-3-10-22-20(28)16-8-6-15(7-9-16)18-13-24-21(27-14-25-26-19(18)27)23-12-17-5-4-11-29-17/h4-9,11,13-14H,2-3,10,12H2,1H3,(H,22,28)(H,23,24). The molecule has 3 heterocycles. The minimum absolute atomic E-state index is 0.0618. The molecule has 1 amide bonds. The molecule has 8 nitrogen and oxygen atoms in total. The molecule has 0 spiro atoms. The number of hydrogen-bond donors (Lipinski definition) is 2. The van der Waals surface area contributed by atoms with E-state index in [1.165, 1.54) is 0 Å². The lowest BCUT2D eigenvalue weighted by molar-refractivity contribution is 0.0953. The van der Waals surface area contributed by atoms with Crippen molar-refractivity contribution in [3.8, 4) is 11.1 Å². The summed E-state index contributed by atoms with van der Waals surface area (Å²) in [6.45, 7) is 3.29. The Morgan fingerprint density at radius 2 is 2.07 bits per heavy atom. The second-order valence-corrected chi connectivity index (χ2v) is 6.64. The number of benzene rings is 1. The quantitative estimate of drug-likeness (QED) is 0.447. The second-order valence-electron chi connectivity index (χ2n) is 6.64. The number of anilines is 1. The van der Waals surface area contributed by atoms with Crippen molar-refractivity contribution in [2.75, 3.05) is 11.9 Å². The van der Waals surface area contributed by atoms with E-state index in [-0.39, 0.29) is 5.91 Å². The minimum atomic E-state index is -0.0618. The Morgan fingerprint density at radius 1 is 1.21 bits per heavy atom. The van der Waals surface area contributed by atoms with Crippen molar-refractivity contribution in [3.63, 3.8) is 0 Å². The maximum Gasteiger partial charge on any atom is 0.251 e. The molecular weight excluding hydrogens is 368 g/mol. The van der Waals surface area contributed by atoms with Crippen LogP contribution in [0.4, 0.5) is 5.95 Å². The zero-order valence-corrected chi connectivity index (χ0v) is 16.1. The van der Waals surface area contributed by atoms with Crippen molar-refractivity contribution >= 4 is 17.5 Å². The Bertz CT molecular complexity index is 1090. The van der Waals surface area contributed by atoms with Crippen molar-refractivity contribution in [3.05, 3.63) is 66.5 Å². The van der Waals surface area contributed by atoms with E-state index in [0.717, 1.165) is 29.7 Å². The second kappa shape index (κ2) is 8.55. The number of carbonyl (C=O) groups excluding carboxylic acids is 1. The molecule has 0 aliphatic rings. The highest BCUT2D eigenvalue weighted by Crippen LogP contribution is 2.25. The van der Waals surface area contributed by atoms with Gasteiger partial charge in [0.2, 0.25) is 5.95 Å². The van der Waals surface area contributed by atoms with Gasteiger partial charge >= 0.3 is 0 Å². The van der Waals surface area contributed by atoms with Crippen LogP contribution in [0.5, 0.6) is 0 Å². The first kappa shape index (κ1) is 18.7. The van der Waals surface area contributed by atoms with Gasteiger partial charge in [-0.1, -0.05) is 25.5 Å². The normalized spacial score (nSPS) is 10.9. The molecule has 0 fully saturated rings. The summed E-state index contributed by atoms with van der Waals surface area (Å²) in [5.41, 5.74) is 3.07.